The molecule has 7 heteroatoms. The fourth-order valence-corrected chi connectivity index (χ4v) is 3.29. The Morgan fingerprint density at radius 3 is 2.88 bits per heavy atom. The molecule has 1 fully saturated rings. The fraction of sp³-hybridized carbons (Fsp3) is 0.389. The summed E-state index contributed by atoms with van der Waals surface area (Å²) in [6.07, 6.45) is 0.825. The van der Waals surface area contributed by atoms with Crippen LogP contribution in [0, 0.1) is 5.92 Å². The maximum Gasteiger partial charge on any atom is 0.248 e. The van der Waals surface area contributed by atoms with Crippen LogP contribution in [0.3, 0.4) is 0 Å². The Labute approximate surface area is 145 Å². The Morgan fingerprint density at radius 2 is 2.16 bits per heavy atom. The Hall–Kier alpha value is -2.67. The molecule has 0 radical (unpaired) electrons. The van der Waals surface area contributed by atoms with Crippen LogP contribution in [0.25, 0.3) is 10.9 Å². The first kappa shape index (κ1) is 17.2. The van der Waals surface area contributed by atoms with E-state index < -0.39 is 5.91 Å². The number of pyridine rings is 1. The molecule has 0 saturated carbocycles. The number of benzene rings is 1. The van der Waals surface area contributed by atoms with E-state index in [1.807, 2.05) is 6.92 Å². The van der Waals surface area contributed by atoms with E-state index in [0.717, 1.165) is 18.7 Å². The summed E-state index contributed by atoms with van der Waals surface area (Å²) in [5.41, 5.74) is 6.90. The molecule has 132 valence electrons. The van der Waals surface area contributed by atoms with Gasteiger partial charge in [0.25, 0.3) is 0 Å². The summed E-state index contributed by atoms with van der Waals surface area (Å²) in [7, 11) is 0. The Kier molecular flexibility index (Phi) is 4.85. The van der Waals surface area contributed by atoms with Crippen LogP contribution in [0.2, 0.25) is 0 Å². The number of primary amides is 1. The molecular weight excluding hydrogens is 320 g/mol. The molecule has 2 aromatic rings. The normalized spacial score (nSPS) is 17.7. The van der Waals surface area contributed by atoms with Crippen LogP contribution >= 0.6 is 0 Å². The molecule has 1 aromatic heterocycles. The smallest absolute Gasteiger partial charge is 0.248 e. The zero-order valence-corrected chi connectivity index (χ0v) is 14.2. The van der Waals surface area contributed by atoms with Crippen molar-refractivity contribution >= 4 is 22.7 Å². The van der Waals surface area contributed by atoms with Gasteiger partial charge in [0.1, 0.15) is 0 Å². The highest BCUT2D eigenvalue weighted by Crippen LogP contribution is 2.19. The van der Waals surface area contributed by atoms with Gasteiger partial charge in [-0.3, -0.25) is 19.3 Å². The number of aromatic nitrogens is 1. The third-order valence-electron chi connectivity index (χ3n) is 4.56. The number of H-pyrrole nitrogens is 1. The van der Waals surface area contributed by atoms with Gasteiger partial charge < -0.3 is 16.0 Å². The molecule has 0 aliphatic carbocycles. The largest absolute Gasteiger partial charge is 0.366 e. The van der Waals surface area contributed by atoms with Crippen LogP contribution in [0.4, 0.5) is 0 Å². The number of aromatic amines is 1. The second-order valence-corrected chi connectivity index (χ2v) is 6.40. The van der Waals surface area contributed by atoms with Crippen molar-refractivity contribution < 1.29 is 9.59 Å². The molecule has 4 N–H and O–H groups in total. The van der Waals surface area contributed by atoms with Gasteiger partial charge in [0.2, 0.25) is 11.8 Å². The molecular formula is C18H22N4O3. The Morgan fingerprint density at radius 1 is 1.36 bits per heavy atom. The van der Waals surface area contributed by atoms with Crippen LogP contribution in [0.1, 0.15) is 29.4 Å². The van der Waals surface area contributed by atoms with E-state index in [-0.39, 0.29) is 17.3 Å². The molecule has 1 saturated heterocycles. The van der Waals surface area contributed by atoms with Gasteiger partial charge >= 0.3 is 0 Å². The van der Waals surface area contributed by atoms with Gasteiger partial charge in [-0.2, -0.15) is 0 Å². The average molecular weight is 342 g/mol. The second kappa shape index (κ2) is 7.06. The molecule has 1 aliphatic rings. The van der Waals surface area contributed by atoms with Crippen molar-refractivity contribution in [2.75, 3.05) is 19.6 Å². The van der Waals surface area contributed by atoms with Crippen molar-refractivity contribution in [2.45, 2.75) is 19.9 Å². The topological polar surface area (TPSA) is 108 Å². The van der Waals surface area contributed by atoms with Gasteiger partial charge in [-0.05, 0) is 38.1 Å². The van der Waals surface area contributed by atoms with E-state index in [2.05, 4.69) is 15.2 Å². The van der Waals surface area contributed by atoms with Crippen LogP contribution in [0.5, 0.6) is 0 Å². The number of hydrogen-bond acceptors (Lipinski definition) is 4. The number of nitrogens with zero attached hydrogens (tertiary/aromatic N) is 1. The van der Waals surface area contributed by atoms with Gasteiger partial charge in [0.15, 0.2) is 5.43 Å². The monoisotopic (exact) mass is 342 g/mol. The first-order valence-corrected chi connectivity index (χ1v) is 8.43. The lowest BCUT2D eigenvalue weighted by molar-refractivity contribution is -0.124. The summed E-state index contributed by atoms with van der Waals surface area (Å²) < 4.78 is 0. The predicted octanol–water partition coefficient (Wildman–Crippen LogP) is 0.585. The average Bonchev–Trinajstić information content (AvgIpc) is 3.03. The molecule has 1 aliphatic heterocycles. The predicted molar refractivity (Wildman–Crippen MR) is 95.2 cm³/mol. The number of hydrogen-bond donors (Lipinski definition) is 3. The van der Waals surface area contributed by atoms with Crippen molar-refractivity contribution in [3.05, 3.63) is 45.7 Å². The zero-order valence-electron chi connectivity index (χ0n) is 14.2. The lowest BCUT2D eigenvalue weighted by Gasteiger charge is -2.16. The molecule has 2 amide bonds. The van der Waals surface area contributed by atoms with Crippen LogP contribution < -0.4 is 16.5 Å². The maximum absolute atomic E-state index is 12.4. The number of carbonyl (C=O) groups excluding carboxylic acids is 2. The quantitative estimate of drug-likeness (QED) is 0.739. The van der Waals surface area contributed by atoms with E-state index in [1.165, 1.54) is 6.07 Å². The highest BCUT2D eigenvalue weighted by atomic mass is 16.2. The van der Waals surface area contributed by atoms with Gasteiger partial charge in [0, 0.05) is 47.9 Å². The van der Waals surface area contributed by atoms with Gasteiger partial charge in [-0.15, -0.1) is 0 Å². The molecule has 0 bridgehead atoms. The lowest BCUT2D eigenvalue weighted by atomic mass is 10.1. The summed E-state index contributed by atoms with van der Waals surface area (Å²) in [5, 5.41) is 3.30. The molecule has 2 heterocycles. The maximum atomic E-state index is 12.4. The Balaban J connectivity index is 1.77. The number of likely N-dealkylation sites (tertiary alicyclic amines) is 1. The molecule has 0 spiro atoms. The molecule has 1 atom stereocenters. The molecule has 1 aromatic carbocycles. The SMILES string of the molecule is CCNC(=O)[C@@H]1CCN(Cc2cc(=O)c3cc(C(N)=O)ccc3[nH]2)C1. The van der Waals surface area contributed by atoms with E-state index in [4.69, 9.17) is 5.73 Å². The first-order valence-electron chi connectivity index (χ1n) is 8.43. The van der Waals surface area contributed by atoms with E-state index in [1.54, 1.807) is 18.2 Å². The third-order valence-corrected chi connectivity index (χ3v) is 4.56. The number of fused-ring (bicyclic) bond motifs is 1. The molecule has 7 nitrogen and oxygen atoms in total. The van der Waals surface area contributed by atoms with Crippen LogP contribution in [-0.4, -0.2) is 41.3 Å². The van der Waals surface area contributed by atoms with Gasteiger partial charge in [-0.25, -0.2) is 0 Å². The molecule has 0 unspecified atom stereocenters. The standard InChI is InChI=1S/C18H22N4O3/c1-2-20-18(25)12-5-6-22(9-12)10-13-8-16(23)14-7-11(17(19)24)3-4-15(14)21-13/h3-4,7-8,12H,2,5-6,9-10H2,1H3,(H2,19,24)(H,20,25)(H,21,23)/t12-/m1/s1. The molecule has 25 heavy (non-hydrogen) atoms. The molecule has 3 rings (SSSR count). The summed E-state index contributed by atoms with van der Waals surface area (Å²) in [5.74, 6) is -0.458. The summed E-state index contributed by atoms with van der Waals surface area (Å²) in [4.78, 5) is 40.9. The van der Waals surface area contributed by atoms with E-state index >= 15 is 0 Å². The van der Waals surface area contributed by atoms with E-state index in [9.17, 15) is 14.4 Å². The summed E-state index contributed by atoms with van der Waals surface area (Å²) in [6, 6.07) is 6.36. The first-order chi connectivity index (χ1) is 12.0. The van der Waals surface area contributed by atoms with Crippen molar-refractivity contribution in [3.8, 4) is 0 Å². The summed E-state index contributed by atoms with van der Waals surface area (Å²) >= 11 is 0. The van der Waals surface area contributed by atoms with Crippen LogP contribution in [-0.2, 0) is 11.3 Å². The number of amides is 2. The zero-order chi connectivity index (χ0) is 18.0. The minimum absolute atomic E-state index is 0.00486. The van der Waals surface area contributed by atoms with Gasteiger partial charge in [-0.1, -0.05) is 0 Å². The lowest BCUT2D eigenvalue weighted by Crippen LogP contribution is -2.32. The highest BCUT2D eigenvalue weighted by Gasteiger charge is 2.28. The number of carbonyl (C=O) groups is 2. The number of rotatable bonds is 5. The fourth-order valence-electron chi connectivity index (χ4n) is 3.29. The van der Waals surface area contributed by atoms with Crippen molar-refractivity contribution in [1.29, 1.82) is 0 Å². The second-order valence-electron chi connectivity index (χ2n) is 6.40. The highest BCUT2D eigenvalue weighted by molar-refractivity contribution is 5.96. The number of nitrogens with one attached hydrogen (secondary N) is 2. The van der Waals surface area contributed by atoms with Gasteiger partial charge in [0.05, 0.1) is 5.92 Å². The third kappa shape index (κ3) is 3.71. The number of nitrogens with two attached hydrogens (primary N) is 1. The van der Waals surface area contributed by atoms with E-state index in [0.29, 0.717) is 36.1 Å². The Bertz CT molecular complexity index is 874. The van der Waals surface area contributed by atoms with Crippen molar-refractivity contribution in [1.82, 2.24) is 15.2 Å². The minimum atomic E-state index is -0.557. The minimum Gasteiger partial charge on any atom is -0.366 e. The summed E-state index contributed by atoms with van der Waals surface area (Å²) in [6.45, 7) is 4.64. The van der Waals surface area contributed by atoms with Crippen LogP contribution in [0.15, 0.2) is 29.1 Å². The van der Waals surface area contributed by atoms with Crippen molar-refractivity contribution in [3.63, 3.8) is 0 Å². The van der Waals surface area contributed by atoms with Crippen molar-refractivity contribution in [2.24, 2.45) is 11.7 Å².